The minimum atomic E-state index is -4.15. The van der Waals surface area contributed by atoms with E-state index in [1.807, 2.05) is 42.5 Å². The summed E-state index contributed by atoms with van der Waals surface area (Å²) in [6.45, 7) is 5.76. The smallest absolute Gasteiger partial charge is 0.333 e. The second kappa shape index (κ2) is 18.2. The molecule has 70 heavy (non-hydrogen) atoms. The fraction of sp³-hybridized carbons (Fsp3) is 0.208. The third-order valence-corrected chi connectivity index (χ3v) is 13.6. The van der Waals surface area contributed by atoms with Crippen LogP contribution in [0.4, 0.5) is 8.78 Å². The second-order valence-electron chi connectivity index (χ2n) is 17.9. The van der Waals surface area contributed by atoms with Crippen molar-refractivity contribution in [3.8, 4) is 11.3 Å². The summed E-state index contributed by atoms with van der Waals surface area (Å²) in [5.41, 5.74) is 3.33. The highest BCUT2D eigenvalue weighted by atomic mass is 32.2. The summed E-state index contributed by atoms with van der Waals surface area (Å²) in [4.78, 5) is 54.0. The normalized spacial score (nSPS) is 12.1. The number of carbonyl (C=O) groups excluding carboxylic acids is 2. The first-order valence-electron chi connectivity index (χ1n) is 22.2. The molecule has 1 N–H and O–H groups in total. The predicted octanol–water partition coefficient (Wildman–Crippen LogP) is 7.51. The number of aromatic nitrogens is 6. The Morgan fingerprint density at radius 3 is 2.00 bits per heavy atom. The molecule has 14 nitrogen and oxygen atoms in total. The van der Waals surface area contributed by atoms with Crippen molar-refractivity contribution in [3.63, 3.8) is 0 Å². The summed E-state index contributed by atoms with van der Waals surface area (Å²) in [6.07, 6.45) is 1.06. The Kier molecular flexibility index (Phi) is 12.3. The van der Waals surface area contributed by atoms with Gasteiger partial charge in [0.1, 0.15) is 30.4 Å². The van der Waals surface area contributed by atoms with Crippen LogP contribution < -0.4 is 11.1 Å². The van der Waals surface area contributed by atoms with E-state index in [1.165, 1.54) is 38.2 Å². The molecular weight excluding hydrogens is 919 g/mol. The molecule has 0 unspecified atom stereocenters. The van der Waals surface area contributed by atoms with Crippen molar-refractivity contribution in [3.05, 3.63) is 193 Å². The summed E-state index contributed by atoms with van der Waals surface area (Å²) in [5, 5.41) is 21.0. The van der Waals surface area contributed by atoms with Crippen molar-refractivity contribution < 1.29 is 36.6 Å². The molecule has 0 bridgehead atoms. The molecule has 9 aromatic rings. The second-order valence-corrected chi connectivity index (χ2v) is 19.9. The maximum atomic E-state index is 15.6. The van der Waals surface area contributed by atoms with Crippen LogP contribution in [0.25, 0.3) is 43.8 Å². The molecule has 17 heteroatoms. The molecule has 4 aromatic heterocycles. The highest BCUT2D eigenvalue weighted by molar-refractivity contribution is 7.91. The number of rotatable bonds is 13. The van der Waals surface area contributed by atoms with E-state index in [0.29, 0.717) is 44.2 Å². The zero-order valence-corrected chi connectivity index (χ0v) is 39.6. The Morgan fingerprint density at radius 2 is 1.31 bits per heavy atom. The van der Waals surface area contributed by atoms with Gasteiger partial charge in [-0.15, -0.1) is 0 Å². The van der Waals surface area contributed by atoms with E-state index in [2.05, 4.69) is 5.10 Å². The van der Waals surface area contributed by atoms with Gasteiger partial charge in [-0.2, -0.15) is 10.2 Å². The lowest BCUT2D eigenvalue weighted by Gasteiger charge is -2.18. The number of halogens is 2. The van der Waals surface area contributed by atoms with Crippen LogP contribution >= 0.6 is 0 Å². The Balaban J connectivity index is 1.04. The van der Waals surface area contributed by atoms with Crippen LogP contribution in [0.5, 0.6) is 0 Å². The number of hydrogen-bond donors (Lipinski definition) is 1. The Bertz CT molecular complexity index is 3820. The number of ether oxygens (including phenoxy) is 1. The number of hydrogen-bond acceptors (Lipinski definition) is 10. The van der Waals surface area contributed by atoms with E-state index < -0.39 is 57.0 Å². The standard InChI is InChI=1S/C53H46F2N6O8S/c1-31-41(26-38-20-22-46(62)60(56-38)27-34-15-17-35(18-16-34)53(3,4)66)42-23-36(54)19-21-44(42)58(31)29-47(63)69-48(64)30-59-32(2)49(43-24-37(55)25-45(51(43)59)70(5,67)68)50-39-13-9-10-14-40(39)52(65)61(57-50)28-33-11-7-6-8-12-33/h6-25,66H,26-30H2,1-5H3. The van der Waals surface area contributed by atoms with Crippen LogP contribution in [0.15, 0.2) is 136 Å². The number of sulfone groups is 1. The van der Waals surface area contributed by atoms with Crippen molar-refractivity contribution in [1.82, 2.24) is 28.7 Å². The van der Waals surface area contributed by atoms with E-state index in [1.54, 1.807) is 74.7 Å². The van der Waals surface area contributed by atoms with Crippen molar-refractivity contribution in [2.24, 2.45) is 0 Å². The third kappa shape index (κ3) is 9.20. The van der Waals surface area contributed by atoms with Gasteiger partial charge >= 0.3 is 11.9 Å². The molecule has 0 aliphatic carbocycles. The zero-order valence-electron chi connectivity index (χ0n) is 38.7. The molecule has 0 spiro atoms. The summed E-state index contributed by atoms with van der Waals surface area (Å²) >= 11 is 0. The van der Waals surface area contributed by atoms with Gasteiger partial charge in [0, 0.05) is 57.4 Å². The minimum absolute atomic E-state index is 0.0324. The zero-order chi connectivity index (χ0) is 49.8. The lowest BCUT2D eigenvalue weighted by molar-refractivity contribution is -0.160. The molecule has 0 aliphatic rings. The van der Waals surface area contributed by atoms with Gasteiger partial charge in [-0.25, -0.2) is 36.2 Å². The van der Waals surface area contributed by atoms with Crippen LogP contribution in [-0.2, 0) is 62.4 Å². The van der Waals surface area contributed by atoms with Crippen LogP contribution in [0.2, 0.25) is 0 Å². The highest BCUT2D eigenvalue weighted by Gasteiger charge is 2.29. The first-order valence-corrected chi connectivity index (χ1v) is 24.1. The summed E-state index contributed by atoms with van der Waals surface area (Å²) in [7, 11) is -4.15. The lowest BCUT2D eigenvalue weighted by atomic mass is 9.97. The van der Waals surface area contributed by atoms with Gasteiger partial charge in [0.15, 0.2) is 9.84 Å². The Labute approximate surface area is 399 Å². The van der Waals surface area contributed by atoms with Gasteiger partial charge in [-0.05, 0) is 92.4 Å². The number of benzene rings is 5. The van der Waals surface area contributed by atoms with Crippen molar-refractivity contribution in [1.29, 1.82) is 0 Å². The van der Waals surface area contributed by atoms with E-state index in [-0.39, 0.29) is 58.5 Å². The number of aliphatic hydroxyl groups is 1. The van der Waals surface area contributed by atoms with E-state index in [4.69, 9.17) is 9.84 Å². The molecular formula is C53H46F2N6O8S. The molecule has 0 saturated heterocycles. The van der Waals surface area contributed by atoms with E-state index in [9.17, 15) is 37.1 Å². The highest BCUT2D eigenvalue weighted by Crippen LogP contribution is 2.40. The average molecular weight is 965 g/mol. The molecule has 0 radical (unpaired) electrons. The number of esters is 2. The molecule has 0 saturated carbocycles. The van der Waals surface area contributed by atoms with E-state index >= 15 is 4.39 Å². The van der Waals surface area contributed by atoms with Crippen LogP contribution in [-0.4, -0.2) is 60.4 Å². The van der Waals surface area contributed by atoms with Gasteiger partial charge in [-0.3, -0.25) is 9.59 Å². The fourth-order valence-electron chi connectivity index (χ4n) is 9.07. The molecule has 356 valence electrons. The summed E-state index contributed by atoms with van der Waals surface area (Å²) in [6, 6.07) is 32.1. The molecule has 9 rings (SSSR count). The monoisotopic (exact) mass is 964 g/mol. The molecule has 0 amide bonds. The predicted molar refractivity (Wildman–Crippen MR) is 260 cm³/mol. The molecule has 0 aliphatic heterocycles. The van der Waals surface area contributed by atoms with E-state index in [0.717, 1.165) is 29.5 Å². The average Bonchev–Trinajstić information content (AvgIpc) is 3.71. The fourth-order valence-corrected chi connectivity index (χ4v) is 9.97. The molecule has 4 heterocycles. The van der Waals surface area contributed by atoms with Crippen LogP contribution in [0.1, 0.15) is 53.2 Å². The molecule has 0 fully saturated rings. The molecule has 0 atom stereocenters. The number of carbonyl (C=O) groups is 2. The summed E-state index contributed by atoms with van der Waals surface area (Å²) < 4.78 is 68.1. The topological polar surface area (TPSA) is 177 Å². The number of nitrogens with zero attached hydrogens (tertiary/aromatic N) is 6. The van der Waals surface area contributed by atoms with Gasteiger partial charge < -0.3 is 19.0 Å². The SMILES string of the molecule is Cc1c(Cc2ccc(=O)n(Cc3ccc(C(C)(C)O)cc3)n2)c2cc(F)ccc2n1CC(=O)OC(=O)Cn1c(C)c(-c2nn(Cc3ccccc3)c(=O)c3ccccc23)c2cc(F)cc(S(C)(=O)=O)c21. The van der Waals surface area contributed by atoms with Crippen LogP contribution in [0, 0.1) is 25.5 Å². The van der Waals surface area contributed by atoms with Crippen LogP contribution in [0.3, 0.4) is 0 Å². The third-order valence-electron chi connectivity index (χ3n) is 12.5. The number of fused-ring (bicyclic) bond motifs is 3. The van der Waals surface area contributed by atoms with Crippen molar-refractivity contribution in [2.45, 2.75) is 70.8 Å². The van der Waals surface area contributed by atoms with Gasteiger partial charge in [-0.1, -0.05) is 72.8 Å². The van der Waals surface area contributed by atoms with Gasteiger partial charge in [0.2, 0.25) is 0 Å². The molecule has 5 aromatic carbocycles. The van der Waals surface area contributed by atoms with Crippen molar-refractivity contribution >= 4 is 54.4 Å². The Hall–Kier alpha value is -7.89. The first-order chi connectivity index (χ1) is 33.2. The maximum absolute atomic E-state index is 15.6. The van der Waals surface area contributed by atoms with Gasteiger partial charge in [0.25, 0.3) is 11.1 Å². The van der Waals surface area contributed by atoms with Gasteiger partial charge in [0.05, 0.1) is 40.2 Å². The first kappa shape index (κ1) is 47.2. The summed E-state index contributed by atoms with van der Waals surface area (Å²) in [5.74, 6) is -3.44. The van der Waals surface area contributed by atoms with Crippen molar-refractivity contribution in [2.75, 3.05) is 6.26 Å². The quantitative estimate of drug-likeness (QED) is 0.0899. The lowest BCUT2D eigenvalue weighted by Crippen LogP contribution is -2.24. The maximum Gasteiger partial charge on any atom is 0.333 e. The largest absolute Gasteiger partial charge is 0.390 e. The minimum Gasteiger partial charge on any atom is -0.390 e. The Morgan fingerprint density at radius 1 is 0.686 bits per heavy atom.